The van der Waals surface area contributed by atoms with Gasteiger partial charge in [-0.3, -0.25) is 4.57 Å². The molecule has 0 aliphatic rings. The predicted molar refractivity (Wildman–Crippen MR) is 112 cm³/mol. The van der Waals surface area contributed by atoms with Crippen LogP contribution in [-0.4, -0.2) is 27.7 Å². The highest BCUT2D eigenvalue weighted by molar-refractivity contribution is 7.16. The van der Waals surface area contributed by atoms with Crippen molar-refractivity contribution in [2.24, 2.45) is 0 Å². The van der Waals surface area contributed by atoms with Gasteiger partial charge in [-0.25, -0.2) is 9.78 Å². The summed E-state index contributed by atoms with van der Waals surface area (Å²) in [4.78, 5) is 17.1. The first-order valence-electron chi connectivity index (χ1n) is 8.78. The quantitative estimate of drug-likeness (QED) is 0.432. The number of phenols is 1. The molecule has 0 radical (unpaired) electrons. The van der Waals surface area contributed by atoms with Crippen LogP contribution in [-0.2, 0) is 4.74 Å². The van der Waals surface area contributed by atoms with Crippen LogP contribution in [0, 0.1) is 0 Å². The standard InChI is InChI=1S/C21H17ClN2O4S/c1-12(13-6-5-9-16(25)19(13)22)28-17-10-18(29-20(17)21(26)27-2)24-11-23-14-7-3-4-8-15(14)24/h3-12,25H,1-2H3. The van der Waals surface area contributed by atoms with Crippen LogP contribution in [0.1, 0.15) is 28.3 Å². The zero-order valence-corrected chi connectivity index (χ0v) is 17.2. The first-order valence-corrected chi connectivity index (χ1v) is 9.97. The van der Waals surface area contributed by atoms with E-state index in [2.05, 4.69) is 4.98 Å². The molecule has 0 saturated heterocycles. The number of esters is 1. The summed E-state index contributed by atoms with van der Waals surface area (Å²) < 4.78 is 12.9. The Kier molecular flexibility index (Phi) is 5.17. The Morgan fingerprint density at radius 3 is 2.83 bits per heavy atom. The molecule has 4 aromatic rings. The second-order valence-electron chi connectivity index (χ2n) is 6.31. The van der Waals surface area contributed by atoms with E-state index in [9.17, 15) is 9.90 Å². The minimum atomic E-state index is -0.500. The Bertz CT molecular complexity index is 1200. The number of thiophene rings is 1. The summed E-state index contributed by atoms with van der Waals surface area (Å²) in [7, 11) is 1.33. The SMILES string of the molecule is COC(=O)c1sc(-n2cnc3ccccc32)cc1OC(C)c1cccc(O)c1Cl. The summed E-state index contributed by atoms with van der Waals surface area (Å²) in [6.07, 6.45) is 1.21. The van der Waals surface area contributed by atoms with Crippen LogP contribution in [0.2, 0.25) is 5.02 Å². The lowest BCUT2D eigenvalue weighted by molar-refractivity contribution is 0.0600. The Morgan fingerprint density at radius 1 is 1.24 bits per heavy atom. The third-order valence-electron chi connectivity index (χ3n) is 4.50. The molecule has 0 amide bonds. The zero-order valence-electron chi connectivity index (χ0n) is 15.6. The maximum absolute atomic E-state index is 12.3. The van der Waals surface area contributed by atoms with E-state index in [1.807, 2.05) is 28.8 Å². The third kappa shape index (κ3) is 3.54. The number of imidazole rings is 1. The predicted octanol–water partition coefficient (Wildman–Crippen LogP) is 5.37. The molecule has 0 aliphatic heterocycles. The van der Waals surface area contributed by atoms with Gasteiger partial charge in [0, 0.05) is 11.6 Å². The minimum Gasteiger partial charge on any atom is -0.506 e. The maximum atomic E-state index is 12.3. The number of hydrogen-bond donors (Lipinski definition) is 1. The summed E-state index contributed by atoms with van der Waals surface area (Å²) in [5.41, 5.74) is 2.38. The molecule has 0 aliphatic carbocycles. The molecule has 1 N–H and O–H groups in total. The molecule has 1 atom stereocenters. The van der Waals surface area contributed by atoms with Crippen molar-refractivity contribution in [3.05, 3.63) is 70.3 Å². The smallest absolute Gasteiger partial charge is 0.351 e. The van der Waals surface area contributed by atoms with E-state index in [0.717, 1.165) is 16.0 Å². The maximum Gasteiger partial charge on any atom is 0.351 e. The lowest BCUT2D eigenvalue weighted by atomic mass is 10.1. The van der Waals surface area contributed by atoms with E-state index >= 15 is 0 Å². The molecule has 0 bridgehead atoms. The number of benzene rings is 2. The fraction of sp³-hybridized carbons (Fsp3) is 0.143. The van der Waals surface area contributed by atoms with Gasteiger partial charge in [0.15, 0.2) is 4.88 Å². The van der Waals surface area contributed by atoms with Crippen molar-refractivity contribution in [2.45, 2.75) is 13.0 Å². The first kappa shape index (κ1) is 19.3. The number of phenolic OH excluding ortho intramolecular Hbond substituents is 1. The first-order chi connectivity index (χ1) is 14.0. The Morgan fingerprint density at radius 2 is 2.03 bits per heavy atom. The summed E-state index contributed by atoms with van der Waals surface area (Å²) >= 11 is 7.45. The Labute approximate surface area is 175 Å². The lowest BCUT2D eigenvalue weighted by Crippen LogP contribution is -2.07. The molecule has 0 fully saturated rings. The second kappa shape index (κ2) is 7.77. The molecule has 29 heavy (non-hydrogen) atoms. The summed E-state index contributed by atoms with van der Waals surface area (Å²) in [6.45, 7) is 1.80. The molecule has 4 rings (SSSR count). The van der Waals surface area contributed by atoms with Crippen LogP contribution < -0.4 is 4.74 Å². The molecule has 0 spiro atoms. The molecule has 2 aromatic carbocycles. The average molecular weight is 429 g/mol. The summed E-state index contributed by atoms with van der Waals surface area (Å²) in [5.74, 6) is -0.139. The van der Waals surface area contributed by atoms with Crippen molar-refractivity contribution in [3.63, 3.8) is 0 Å². The van der Waals surface area contributed by atoms with Gasteiger partial charge in [0.2, 0.25) is 0 Å². The van der Waals surface area contributed by atoms with Crippen LogP contribution in [0.4, 0.5) is 0 Å². The van der Waals surface area contributed by atoms with Crippen molar-refractivity contribution in [1.82, 2.24) is 9.55 Å². The van der Waals surface area contributed by atoms with Crippen molar-refractivity contribution in [2.75, 3.05) is 7.11 Å². The monoisotopic (exact) mass is 428 g/mol. The van der Waals surface area contributed by atoms with Gasteiger partial charge in [-0.1, -0.05) is 35.9 Å². The molecule has 2 aromatic heterocycles. The number of aromatic hydroxyl groups is 1. The number of rotatable bonds is 5. The van der Waals surface area contributed by atoms with Gasteiger partial charge in [0.1, 0.15) is 28.9 Å². The summed E-state index contributed by atoms with van der Waals surface area (Å²) in [6, 6.07) is 14.5. The number of aromatic nitrogens is 2. The van der Waals surface area contributed by atoms with Gasteiger partial charge in [0.05, 0.1) is 23.2 Å². The fourth-order valence-corrected chi connectivity index (χ4v) is 4.32. The molecular weight excluding hydrogens is 412 g/mol. The van der Waals surface area contributed by atoms with Crippen molar-refractivity contribution in [1.29, 1.82) is 0 Å². The van der Waals surface area contributed by atoms with Crippen LogP contribution in [0.25, 0.3) is 16.0 Å². The number of fused-ring (bicyclic) bond motifs is 1. The van der Waals surface area contributed by atoms with E-state index in [0.29, 0.717) is 16.2 Å². The molecule has 0 saturated carbocycles. The van der Waals surface area contributed by atoms with E-state index in [1.54, 1.807) is 31.5 Å². The summed E-state index contributed by atoms with van der Waals surface area (Å²) in [5, 5.41) is 10.8. The Hall–Kier alpha value is -3.03. The van der Waals surface area contributed by atoms with Gasteiger partial charge in [0.25, 0.3) is 0 Å². The van der Waals surface area contributed by atoms with E-state index in [1.165, 1.54) is 24.5 Å². The van der Waals surface area contributed by atoms with Gasteiger partial charge in [-0.2, -0.15) is 0 Å². The van der Waals surface area contributed by atoms with Gasteiger partial charge < -0.3 is 14.6 Å². The number of halogens is 1. The van der Waals surface area contributed by atoms with Crippen molar-refractivity contribution in [3.8, 4) is 16.5 Å². The van der Waals surface area contributed by atoms with Gasteiger partial charge in [-0.05, 0) is 25.1 Å². The number of para-hydroxylation sites is 2. The molecule has 8 heteroatoms. The second-order valence-corrected chi connectivity index (χ2v) is 7.72. The van der Waals surface area contributed by atoms with E-state index in [-0.39, 0.29) is 10.8 Å². The normalized spacial score (nSPS) is 12.1. The fourth-order valence-electron chi connectivity index (χ4n) is 3.04. The van der Waals surface area contributed by atoms with Crippen molar-refractivity contribution < 1.29 is 19.4 Å². The molecule has 148 valence electrons. The van der Waals surface area contributed by atoms with E-state index in [4.69, 9.17) is 21.1 Å². The van der Waals surface area contributed by atoms with Crippen LogP contribution in [0.5, 0.6) is 11.5 Å². The number of methoxy groups -OCH3 is 1. The van der Waals surface area contributed by atoms with E-state index < -0.39 is 12.1 Å². The molecular formula is C21H17ClN2O4S. The zero-order chi connectivity index (χ0) is 20.5. The topological polar surface area (TPSA) is 73.6 Å². The number of ether oxygens (including phenoxy) is 2. The van der Waals surface area contributed by atoms with Gasteiger partial charge in [-0.15, -0.1) is 11.3 Å². The van der Waals surface area contributed by atoms with Crippen LogP contribution in [0.3, 0.4) is 0 Å². The molecule has 1 unspecified atom stereocenters. The van der Waals surface area contributed by atoms with Crippen LogP contribution >= 0.6 is 22.9 Å². The number of carbonyl (C=O) groups excluding carboxylic acids is 1. The number of nitrogens with zero attached hydrogens (tertiary/aromatic N) is 2. The number of hydrogen-bond acceptors (Lipinski definition) is 6. The third-order valence-corrected chi connectivity index (χ3v) is 6.00. The highest BCUT2D eigenvalue weighted by Gasteiger charge is 2.23. The largest absolute Gasteiger partial charge is 0.506 e. The highest BCUT2D eigenvalue weighted by Crippen LogP contribution is 2.38. The Balaban J connectivity index is 1.75. The lowest BCUT2D eigenvalue weighted by Gasteiger charge is -2.16. The number of carbonyl (C=O) groups is 1. The minimum absolute atomic E-state index is 0.0244. The molecule has 6 nitrogen and oxygen atoms in total. The molecule has 2 heterocycles. The van der Waals surface area contributed by atoms with Crippen molar-refractivity contribution >= 4 is 39.9 Å². The van der Waals surface area contributed by atoms with Gasteiger partial charge >= 0.3 is 5.97 Å². The van der Waals surface area contributed by atoms with Crippen LogP contribution in [0.15, 0.2) is 54.9 Å². The highest BCUT2D eigenvalue weighted by atomic mass is 35.5. The average Bonchev–Trinajstić information content (AvgIpc) is 3.33.